The number of aromatic hydroxyl groups is 1. The third-order valence-electron chi connectivity index (χ3n) is 6.87. The number of hydrogen-bond donors (Lipinski definition) is 1. The maximum absolute atomic E-state index is 14.6. The average Bonchev–Trinajstić information content (AvgIpc) is 3.15. The van der Waals surface area contributed by atoms with Gasteiger partial charge in [-0.05, 0) is 56.6 Å². The Bertz CT molecular complexity index is 1320. The zero-order valence-corrected chi connectivity index (χ0v) is 18.0. The van der Waals surface area contributed by atoms with Gasteiger partial charge in [0, 0.05) is 55.0 Å². The van der Waals surface area contributed by atoms with Crippen LogP contribution < -0.4 is 4.90 Å². The highest BCUT2D eigenvalue weighted by molar-refractivity contribution is 5.89. The molecule has 2 aliphatic heterocycles. The number of benzene rings is 2. The van der Waals surface area contributed by atoms with Crippen molar-refractivity contribution in [1.82, 2.24) is 24.6 Å². The lowest BCUT2D eigenvalue weighted by molar-refractivity contribution is 0.100. The molecule has 7 nitrogen and oxygen atoms in total. The fourth-order valence-electron chi connectivity index (χ4n) is 4.95. The van der Waals surface area contributed by atoms with Crippen LogP contribution in [0.4, 0.5) is 10.1 Å². The molecule has 4 aromatic rings. The van der Waals surface area contributed by atoms with E-state index in [0.29, 0.717) is 11.2 Å². The first-order chi connectivity index (χ1) is 15.6. The van der Waals surface area contributed by atoms with Crippen molar-refractivity contribution < 1.29 is 9.50 Å². The van der Waals surface area contributed by atoms with Gasteiger partial charge in [0.1, 0.15) is 5.52 Å². The molecule has 0 unspecified atom stereocenters. The van der Waals surface area contributed by atoms with Gasteiger partial charge in [0.2, 0.25) is 0 Å². The van der Waals surface area contributed by atoms with Gasteiger partial charge in [0.25, 0.3) is 0 Å². The van der Waals surface area contributed by atoms with Gasteiger partial charge in [-0.3, -0.25) is 4.68 Å². The average molecular weight is 433 g/mol. The summed E-state index contributed by atoms with van der Waals surface area (Å²) in [5.41, 5.74) is 2.35. The SMILES string of the molecule is Cn1cc2cc(-c3ncc4cc(N5CCC(N6CCC6)CC5)ccc4n3)c(O)c(F)c2n1. The molecule has 0 spiro atoms. The summed E-state index contributed by atoms with van der Waals surface area (Å²) < 4.78 is 16.2. The molecule has 0 bridgehead atoms. The van der Waals surface area contributed by atoms with Gasteiger partial charge in [-0.15, -0.1) is 0 Å². The number of aryl methyl sites for hydroxylation is 1. The Morgan fingerprint density at radius 2 is 1.88 bits per heavy atom. The van der Waals surface area contributed by atoms with Gasteiger partial charge in [-0.2, -0.15) is 5.10 Å². The van der Waals surface area contributed by atoms with E-state index in [2.05, 4.69) is 37.0 Å². The molecule has 0 aliphatic carbocycles. The van der Waals surface area contributed by atoms with Crippen LogP contribution in [-0.2, 0) is 7.05 Å². The normalized spacial score (nSPS) is 17.9. The third kappa shape index (κ3) is 3.17. The summed E-state index contributed by atoms with van der Waals surface area (Å²) in [7, 11) is 1.72. The van der Waals surface area contributed by atoms with Gasteiger partial charge in [0.05, 0.1) is 11.1 Å². The number of halogens is 1. The third-order valence-corrected chi connectivity index (χ3v) is 6.87. The maximum atomic E-state index is 14.6. The molecule has 164 valence electrons. The van der Waals surface area contributed by atoms with Crippen LogP contribution in [0.2, 0.25) is 0 Å². The van der Waals surface area contributed by atoms with Crippen molar-refractivity contribution >= 4 is 27.5 Å². The predicted octanol–water partition coefficient (Wildman–Crippen LogP) is 3.70. The molecule has 2 fully saturated rings. The minimum absolute atomic E-state index is 0.136. The van der Waals surface area contributed by atoms with Crippen molar-refractivity contribution in [3.05, 3.63) is 42.5 Å². The fourth-order valence-corrected chi connectivity index (χ4v) is 4.95. The van der Waals surface area contributed by atoms with Crippen molar-refractivity contribution in [3.8, 4) is 17.1 Å². The molecule has 0 amide bonds. The molecule has 2 aromatic carbocycles. The number of hydrogen-bond acceptors (Lipinski definition) is 6. The summed E-state index contributed by atoms with van der Waals surface area (Å²) in [5, 5.41) is 16.0. The Kier molecular flexibility index (Phi) is 4.50. The molecule has 2 aromatic heterocycles. The van der Waals surface area contributed by atoms with E-state index in [0.717, 1.165) is 30.0 Å². The topological polar surface area (TPSA) is 70.3 Å². The van der Waals surface area contributed by atoms with Gasteiger partial charge in [0.15, 0.2) is 17.4 Å². The molecule has 0 radical (unpaired) electrons. The highest BCUT2D eigenvalue weighted by Gasteiger charge is 2.28. The Hall–Kier alpha value is -3.26. The number of aromatic nitrogens is 4. The highest BCUT2D eigenvalue weighted by Crippen LogP contribution is 2.35. The summed E-state index contributed by atoms with van der Waals surface area (Å²) >= 11 is 0. The van der Waals surface area contributed by atoms with E-state index < -0.39 is 11.6 Å². The molecule has 4 heterocycles. The second-order valence-corrected chi connectivity index (χ2v) is 8.87. The molecular formula is C24H25FN6O. The summed E-state index contributed by atoms with van der Waals surface area (Å²) in [4.78, 5) is 14.1. The van der Waals surface area contributed by atoms with E-state index in [-0.39, 0.29) is 11.1 Å². The van der Waals surface area contributed by atoms with Crippen molar-refractivity contribution in [2.45, 2.75) is 25.3 Å². The standard InChI is InChI=1S/C24H25FN6O/c1-29-14-16-12-19(23(32)21(25)22(16)28-29)24-26-13-15-11-18(3-4-20(15)27-24)31-9-5-17(6-10-31)30-7-2-8-30/h3-4,11-14,17,32H,2,5-10H2,1H3. The Morgan fingerprint density at radius 1 is 1.06 bits per heavy atom. The van der Waals surface area contributed by atoms with Crippen LogP contribution >= 0.6 is 0 Å². The first-order valence-corrected chi connectivity index (χ1v) is 11.2. The predicted molar refractivity (Wildman–Crippen MR) is 122 cm³/mol. The van der Waals surface area contributed by atoms with E-state index in [1.165, 1.54) is 42.7 Å². The first-order valence-electron chi connectivity index (χ1n) is 11.2. The molecule has 32 heavy (non-hydrogen) atoms. The number of phenolic OH excluding ortho intramolecular Hbond substituents is 1. The smallest absolute Gasteiger partial charge is 0.193 e. The molecule has 0 saturated carbocycles. The van der Waals surface area contributed by atoms with E-state index in [1.54, 1.807) is 25.5 Å². The molecule has 2 aliphatic rings. The summed E-state index contributed by atoms with van der Waals surface area (Å²) in [6.07, 6.45) is 7.20. The van der Waals surface area contributed by atoms with Crippen LogP contribution in [0.1, 0.15) is 19.3 Å². The van der Waals surface area contributed by atoms with Gasteiger partial charge in [-0.1, -0.05) is 0 Å². The lowest BCUT2D eigenvalue weighted by atomic mass is 9.99. The minimum Gasteiger partial charge on any atom is -0.504 e. The lowest BCUT2D eigenvalue weighted by Crippen LogP contribution is -2.50. The van der Waals surface area contributed by atoms with Crippen molar-refractivity contribution in [1.29, 1.82) is 0 Å². The number of likely N-dealkylation sites (tertiary alicyclic amines) is 1. The zero-order chi connectivity index (χ0) is 21.8. The van der Waals surface area contributed by atoms with E-state index in [1.807, 2.05) is 6.07 Å². The van der Waals surface area contributed by atoms with Crippen LogP contribution in [0.5, 0.6) is 5.75 Å². The molecular weight excluding hydrogens is 407 g/mol. The molecule has 0 atom stereocenters. The van der Waals surface area contributed by atoms with Crippen LogP contribution in [0.15, 0.2) is 36.7 Å². The van der Waals surface area contributed by atoms with Crippen LogP contribution in [-0.4, -0.2) is 62.0 Å². The van der Waals surface area contributed by atoms with Crippen molar-refractivity contribution in [2.24, 2.45) is 7.05 Å². The zero-order valence-electron chi connectivity index (χ0n) is 18.0. The second-order valence-electron chi connectivity index (χ2n) is 8.87. The lowest BCUT2D eigenvalue weighted by Gasteiger charge is -2.43. The van der Waals surface area contributed by atoms with E-state index in [9.17, 15) is 9.50 Å². The number of rotatable bonds is 3. The number of nitrogens with zero attached hydrogens (tertiary/aromatic N) is 6. The number of anilines is 1. The van der Waals surface area contributed by atoms with E-state index >= 15 is 0 Å². The summed E-state index contributed by atoms with van der Waals surface area (Å²) in [5.74, 6) is -0.932. The van der Waals surface area contributed by atoms with Crippen LogP contribution in [0, 0.1) is 5.82 Å². The van der Waals surface area contributed by atoms with Gasteiger partial charge in [-0.25, -0.2) is 14.4 Å². The van der Waals surface area contributed by atoms with Crippen LogP contribution in [0.3, 0.4) is 0 Å². The summed E-state index contributed by atoms with van der Waals surface area (Å²) in [6, 6.07) is 8.60. The van der Waals surface area contributed by atoms with Crippen molar-refractivity contribution in [3.63, 3.8) is 0 Å². The molecule has 6 rings (SSSR count). The largest absolute Gasteiger partial charge is 0.504 e. The molecule has 8 heteroatoms. The van der Waals surface area contributed by atoms with Crippen molar-refractivity contribution in [2.75, 3.05) is 31.1 Å². The fraction of sp³-hybridized carbons (Fsp3) is 0.375. The number of piperidine rings is 1. The number of fused-ring (bicyclic) bond motifs is 2. The van der Waals surface area contributed by atoms with Crippen LogP contribution in [0.25, 0.3) is 33.2 Å². The Labute approximate surface area is 185 Å². The highest BCUT2D eigenvalue weighted by atomic mass is 19.1. The molecule has 2 saturated heterocycles. The van der Waals surface area contributed by atoms with E-state index in [4.69, 9.17) is 0 Å². The number of phenols is 1. The maximum Gasteiger partial charge on any atom is 0.193 e. The summed E-state index contributed by atoms with van der Waals surface area (Å²) in [6.45, 7) is 4.63. The second kappa shape index (κ2) is 7.41. The van der Waals surface area contributed by atoms with Gasteiger partial charge < -0.3 is 14.9 Å². The first kappa shape index (κ1) is 19.4. The minimum atomic E-state index is -0.751. The Balaban J connectivity index is 1.29. The monoisotopic (exact) mass is 432 g/mol. The molecule has 1 N–H and O–H groups in total. The quantitative estimate of drug-likeness (QED) is 0.532. The Morgan fingerprint density at radius 3 is 2.62 bits per heavy atom. The van der Waals surface area contributed by atoms with Gasteiger partial charge >= 0.3 is 0 Å².